The van der Waals surface area contributed by atoms with Gasteiger partial charge in [0.05, 0.1) is 34.6 Å². The van der Waals surface area contributed by atoms with Crippen LogP contribution in [-0.2, 0) is 0 Å². The van der Waals surface area contributed by atoms with Crippen LogP contribution in [0.15, 0.2) is 72.8 Å². The van der Waals surface area contributed by atoms with Crippen LogP contribution in [0.2, 0.25) is 0 Å². The number of amides is 1. The fourth-order valence-electron chi connectivity index (χ4n) is 2.87. The maximum Gasteiger partial charge on any atom is 0.264 e. The summed E-state index contributed by atoms with van der Waals surface area (Å²) in [4.78, 5) is 19.6. The molecule has 4 rings (SSSR count). The van der Waals surface area contributed by atoms with E-state index in [0.29, 0.717) is 27.7 Å². The number of carbonyl (C=O) groups excluding carboxylic acids is 1. The molecule has 0 saturated heterocycles. The Kier molecular flexibility index (Phi) is 4.75. The number of carbonyl (C=O) groups is 1. The number of anilines is 2. The zero-order chi connectivity index (χ0) is 19.5. The summed E-state index contributed by atoms with van der Waals surface area (Å²) in [7, 11) is 1.58. The quantitative estimate of drug-likeness (QED) is 0.487. The van der Waals surface area contributed by atoms with Crippen LogP contribution in [0.5, 0.6) is 5.75 Å². The average Bonchev–Trinajstić information content (AvgIpc) is 3.17. The molecular weight excluding hydrogens is 370 g/mol. The molecular formula is C22H15N3O2S. The van der Waals surface area contributed by atoms with Gasteiger partial charge in [-0.05, 0) is 42.5 Å². The summed E-state index contributed by atoms with van der Waals surface area (Å²) in [6.45, 7) is 0. The molecule has 5 nitrogen and oxygen atoms in total. The molecule has 0 aliphatic heterocycles. The molecule has 0 saturated carbocycles. The number of hydrogen-bond donors (Lipinski definition) is 0. The number of nitriles is 1. The number of methoxy groups -OCH3 is 1. The number of aromatic nitrogens is 1. The van der Waals surface area contributed by atoms with Crippen molar-refractivity contribution in [2.24, 2.45) is 0 Å². The van der Waals surface area contributed by atoms with Crippen molar-refractivity contribution >= 4 is 38.3 Å². The molecule has 136 valence electrons. The molecule has 3 aromatic carbocycles. The van der Waals surface area contributed by atoms with Crippen LogP contribution < -0.4 is 9.64 Å². The minimum atomic E-state index is -0.260. The van der Waals surface area contributed by atoms with Gasteiger partial charge < -0.3 is 4.74 Å². The van der Waals surface area contributed by atoms with E-state index in [2.05, 4.69) is 11.1 Å². The third-order valence-corrected chi connectivity index (χ3v) is 5.25. The van der Waals surface area contributed by atoms with E-state index in [-0.39, 0.29) is 5.91 Å². The van der Waals surface area contributed by atoms with E-state index in [4.69, 9.17) is 4.74 Å². The lowest BCUT2D eigenvalue weighted by Gasteiger charge is -2.20. The zero-order valence-electron chi connectivity index (χ0n) is 15.0. The molecule has 6 heteroatoms. The van der Waals surface area contributed by atoms with Crippen molar-refractivity contribution in [3.8, 4) is 11.8 Å². The number of thiazole rings is 1. The molecule has 0 fully saturated rings. The van der Waals surface area contributed by atoms with Crippen LogP contribution in [-0.4, -0.2) is 18.0 Å². The number of ether oxygens (including phenoxy) is 1. The Labute approximate surface area is 166 Å². The molecule has 0 radical (unpaired) electrons. The second-order valence-corrected chi connectivity index (χ2v) is 7.01. The highest BCUT2D eigenvalue weighted by Gasteiger charge is 2.24. The highest BCUT2D eigenvalue weighted by atomic mass is 32.1. The Balaban J connectivity index is 1.87. The number of benzene rings is 3. The predicted molar refractivity (Wildman–Crippen MR) is 110 cm³/mol. The standard InChI is InChI=1S/C22H15N3O2S/c1-27-18-9-5-8-17(13-18)25(21(26)16-7-4-6-15(12-16)14-23)22-24-19-10-2-3-11-20(19)28-22/h2-13H,1H3. The number of rotatable bonds is 4. The van der Waals surface area contributed by atoms with E-state index in [1.807, 2.05) is 42.5 Å². The SMILES string of the molecule is COc1cccc(N(C(=O)c2cccc(C#N)c2)c2nc3ccccc3s2)c1. The molecule has 0 aliphatic carbocycles. The Morgan fingerprint density at radius 1 is 1.07 bits per heavy atom. The molecule has 0 aliphatic rings. The lowest BCUT2D eigenvalue weighted by atomic mass is 10.1. The normalized spacial score (nSPS) is 10.4. The molecule has 0 spiro atoms. The van der Waals surface area contributed by atoms with Gasteiger partial charge in [-0.15, -0.1) is 0 Å². The zero-order valence-corrected chi connectivity index (χ0v) is 15.8. The Morgan fingerprint density at radius 2 is 1.89 bits per heavy atom. The number of fused-ring (bicyclic) bond motifs is 1. The van der Waals surface area contributed by atoms with Crippen LogP contribution in [0.25, 0.3) is 10.2 Å². The van der Waals surface area contributed by atoms with Gasteiger partial charge in [0.1, 0.15) is 5.75 Å². The lowest BCUT2D eigenvalue weighted by Crippen LogP contribution is -2.26. The monoisotopic (exact) mass is 385 g/mol. The summed E-state index contributed by atoms with van der Waals surface area (Å²) in [5.41, 5.74) is 2.32. The van der Waals surface area contributed by atoms with Gasteiger partial charge in [-0.2, -0.15) is 5.26 Å². The summed E-state index contributed by atoms with van der Waals surface area (Å²) in [5, 5.41) is 9.74. The first-order chi connectivity index (χ1) is 13.7. The Bertz CT molecular complexity index is 1180. The maximum atomic E-state index is 13.4. The van der Waals surface area contributed by atoms with Gasteiger partial charge in [0.2, 0.25) is 0 Å². The van der Waals surface area contributed by atoms with E-state index >= 15 is 0 Å². The van der Waals surface area contributed by atoms with Crippen LogP contribution in [0.3, 0.4) is 0 Å². The molecule has 0 bridgehead atoms. The van der Waals surface area contributed by atoms with E-state index in [0.717, 1.165) is 10.2 Å². The van der Waals surface area contributed by atoms with Crippen LogP contribution in [0.4, 0.5) is 10.8 Å². The Hall–Kier alpha value is -3.69. The van der Waals surface area contributed by atoms with Gasteiger partial charge in [-0.25, -0.2) is 4.98 Å². The van der Waals surface area contributed by atoms with Crippen molar-refractivity contribution in [2.75, 3.05) is 12.0 Å². The summed E-state index contributed by atoms with van der Waals surface area (Å²) < 4.78 is 6.31. The third-order valence-electron chi connectivity index (χ3n) is 4.23. The highest BCUT2D eigenvalue weighted by molar-refractivity contribution is 7.22. The molecule has 1 aromatic heterocycles. The minimum Gasteiger partial charge on any atom is -0.497 e. The van der Waals surface area contributed by atoms with Crippen LogP contribution in [0.1, 0.15) is 15.9 Å². The largest absolute Gasteiger partial charge is 0.497 e. The topological polar surface area (TPSA) is 66.2 Å². The molecule has 0 atom stereocenters. The first-order valence-corrected chi connectivity index (χ1v) is 9.35. The van der Waals surface area contributed by atoms with Crippen molar-refractivity contribution < 1.29 is 9.53 Å². The van der Waals surface area contributed by atoms with Crippen molar-refractivity contribution in [1.82, 2.24) is 4.98 Å². The van der Waals surface area contributed by atoms with Gasteiger partial charge >= 0.3 is 0 Å². The van der Waals surface area contributed by atoms with Gasteiger partial charge in [-0.3, -0.25) is 9.69 Å². The van der Waals surface area contributed by atoms with E-state index in [9.17, 15) is 10.1 Å². The van der Waals surface area contributed by atoms with Crippen molar-refractivity contribution in [3.63, 3.8) is 0 Å². The van der Waals surface area contributed by atoms with Gasteiger partial charge in [0.25, 0.3) is 5.91 Å². The molecule has 0 N–H and O–H groups in total. The second-order valence-electron chi connectivity index (χ2n) is 6.00. The minimum absolute atomic E-state index is 0.260. The Morgan fingerprint density at radius 3 is 2.68 bits per heavy atom. The maximum absolute atomic E-state index is 13.4. The summed E-state index contributed by atoms with van der Waals surface area (Å²) in [6, 6.07) is 23.8. The molecule has 0 unspecified atom stereocenters. The van der Waals surface area contributed by atoms with Crippen molar-refractivity contribution in [3.05, 3.63) is 83.9 Å². The molecule has 1 heterocycles. The van der Waals surface area contributed by atoms with Crippen LogP contribution in [0, 0.1) is 11.3 Å². The van der Waals surface area contributed by atoms with Gasteiger partial charge in [-0.1, -0.05) is 35.6 Å². The second kappa shape index (κ2) is 7.51. The fourth-order valence-corrected chi connectivity index (χ4v) is 3.86. The fraction of sp³-hybridized carbons (Fsp3) is 0.0455. The van der Waals surface area contributed by atoms with Crippen molar-refractivity contribution in [2.45, 2.75) is 0 Å². The number of nitrogens with zero attached hydrogens (tertiary/aromatic N) is 3. The van der Waals surface area contributed by atoms with E-state index in [1.54, 1.807) is 42.3 Å². The third kappa shape index (κ3) is 3.31. The number of hydrogen-bond acceptors (Lipinski definition) is 5. The summed E-state index contributed by atoms with van der Waals surface area (Å²) in [6.07, 6.45) is 0. The predicted octanol–water partition coefficient (Wildman–Crippen LogP) is 5.16. The van der Waals surface area contributed by atoms with Gasteiger partial charge in [0, 0.05) is 11.6 Å². The lowest BCUT2D eigenvalue weighted by molar-refractivity contribution is 0.0999. The summed E-state index contributed by atoms with van der Waals surface area (Å²) >= 11 is 1.43. The molecule has 28 heavy (non-hydrogen) atoms. The smallest absolute Gasteiger partial charge is 0.264 e. The summed E-state index contributed by atoms with van der Waals surface area (Å²) in [5.74, 6) is 0.381. The molecule has 4 aromatic rings. The highest BCUT2D eigenvalue weighted by Crippen LogP contribution is 2.35. The van der Waals surface area contributed by atoms with E-state index in [1.165, 1.54) is 11.3 Å². The van der Waals surface area contributed by atoms with E-state index < -0.39 is 0 Å². The van der Waals surface area contributed by atoms with Crippen LogP contribution >= 0.6 is 11.3 Å². The molecule has 1 amide bonds. The number of para-hydroxylation sites is 1. The average molecular weight is 385 g/mol. The van der Waals surface area contributed by atoms with Crippen molar-refractivity contribution in [1.29, 1.82) is 5.26 Å². The first kappa shape index (κ1) is 17.7. The first-order valence-electron chi connectivity index (χ1n) is 8.54. The van der Waals surface area contributed by atoms with Gasteiger partial charge in [0.15, 0.2) is 5.13 Å².